The topological polar surface area (TPSA) is 173 Å². The Balaban J connectivity index is 1.43. The second kappa shape index (κ2) is 15.0. The molecule has 5 N–H and O–H groups in total. The molecule has 0 radical (unpaired) electrons. The Hall–Kier alpha value is -4.45. The van der Waals surface area contributed by atoms with Crippen LogP contribution in [-0.2, 0) is 20.7 Å². The van der Waals surface area contributed by atoms with Gasteiger partial charge in [-0.25, -0.2) is 0 Å². The number of rotatable bonds is 11. The Kier molecular flexibility index (Phi) is 11.3. The molecule has 1 aliphatic heterocycles. The molecule has 0 spiro atoms. The van der Waals surface area contributed by atoms with Gasteiger partial charge in [0.2, 0.25) is 11.7 Å². The molecular weight excluding hydrogens is 600 g/mol. The first-order valence-electron chi connectivity index (χ1n) is 16.3. The van der Waals surface area contributed by atoms with Gasteiger partial charge in [0.25, 0.3) is 5.91 Å². The molecule has 0 saturated carbocycles. The van der Waals surface area contributed by atoms with Crippen molar-refractivity contribution >= 4 is 17.8 Å². The molecule has 2 amide bonds. The van der Waals surface area contributed by atoms with E-state index in [1.807, 2.05) is 49.9 Å². The summed E-state index contributed by atoms with van der Waals surface area (Å²) in [5.41, 5.74) is 8.10. The number of carbonyl (C=O) groups excluding carboxylic acids is 3. The van der Waals surface area contributed by atoms with Crippen molar-refractivity contribution in [3.63, 3.8) is 0 Å². The standard InChI is InChI=1S/C35H48N6O6/c1-7-37-33(45)32-39-38-31(26-19-25(21(2)3)28(42)20-29(26)43)41(32)24-10-8-22(9-11-24)18-23-14-16-40(17-15-23)30(44)13-12-27(36)34(46)47-35(4,5)6/h8-11,19-21,23,27,42-43H,7,12-18,36H2,1-6H3,(H,37,45)/t27-/m0/s1. The fourth-order valence-corrected chi connectivity index (χ4v) is 5.76. The van der Waals surface area contributed by atoms with Gasteiger partial charge in [-0.05, 0) is 94.5 Å². The highest BCUT2D eigenvalue weighted by molar-refractivity contribution is 5.92. The lowest BCUT2D eigenvalue weighted by Gasteiger charge is -2.32. The van der Waals surface area contributed by atoms with E-state index in [1.54, 1.807) is 31.4 Å². The zero-order valence-corrected chi connectivity index (χ0v) is 28.2. The van der Waals surface area contributed by atoms with Gasteiger partial charge in [0.15, 0.2) is 5.82 Å². The number of aromatic hydroxyl groups is 2. The highest BCUT2D eigenvalue weighted by Gasteiger charge is 2.27. The lowest BCUT2D eigenvalue weighted by molar-refractivity contribution is -0.156. The van der Waals surface area contributed by atoms with Crippen LogP contribution in [0.3, 0.4) is 0 Å². The lowest BCUT2D eigenvalue weighted by atomic mass is 9.90. The van der Waals surface area contributed by atoms with Crippen LogP contribution in [0.15, 0.2) is 36.4 Å². The van der Waals surface area contributed by atoms with Crippen LogP contribution in [-0.4, -0.2) is 78.9 Å². The molecule has 47 heavy (non-hydrogen) atoms. The Bertz CT molecular complexity index is 1570. The van der Waals surface area contributed by atoms with Crippen molar-refractivity contribution in [1.82, 2.24) is 25.0 Å². The summed E-state index contributed by atoms with van der Waals surface area (Å²) in [4.78, 5) is 39.8. The van der Waals surface area contributed by atoms with Crippen molar-refractivity contribution in [2.24, 2.45) is 11.7 Å². The number of nitrogens with one attached hydrogen (secondary N) is 1. The second-order valence-electron chi connectivity index (χ2n) is 13.5. The third-order valence-corrected chi connectivity index (χ3v) is 8.28. The molecule has 12 heteroatoms. The summed E-state index contributed by atoms with van der Waals surface area (Å²) in [7, 11) is 0. The average Bonchev–Trinajstić information content (AvgIpc) is 3.44. The van der Waals surface area contributed by atoms with E-state index in [4.69, 9.17) is 10.5 Å². The minimum atomic E-state index is -0.825. The Morgan fingerprint density at radius 3 is 2.30 bits per heavy atom. The van der Waals surface area contributed by atoms with Crippen LogP contribution in [0.5, 0.6) is 11.5 Å². The summed E-state index contributed by atoms with van der Waals surface area (Å²) in [6, 6.07) is 9.96. The number of amides is 2. The van der Waals surface area contributed by atoms with Gasteiger partial charge in [-0.2, -0.15) is 0 Å². The van der Waals surface area contributed by atoms with Gasteiger partial charge < -0.3 is 30.9 Å². The van der Waals surface area contributed by atoms with Crippen molar-refractivity contribution in [3.8, 4) is 28.6 Å². The summed E-state index contributed by atoms with van der Waals surface area (Å²) in [5.74, 6) is -0.331. The number of hydrogen-bond donors (Lipinski definition) is 4. The van der Waals surface area contributed by atoms with Crippen molar-refractivity contribution < 1.29 is 29.3 Å². The molecule has 1 aliphatic rings. The normalized spacial score (nSPS) is 14.7. The maximum Gasteiger partial charge on any atom is 0.323 e. The first-order chi connectivity index (χ1) is 22.2. The molecule has 1 fully saturated rings. The molecule has 1 atom stereocenters. The highest BCUT2D eigenvalue weighted by atomic mass is 16.6. The number of phenolic OH excluding ortho intramolecular Hbond substituents is 2. The van der Waals surface area contributed by atoms with Gasteiger partial charge in [0, 0.05) is 37.8 Å². The lowest BCUT2D eigenvalue weighted by Crippen LogP contribution is -2.41. The third kappa shape index (κ3) is 8.88. The molecular formula is C35H48N6O6. The smallest absolute Gasteiger partial charge is 0.323 e. The zero-order valence-electron chi connectivity index (χ0n) is 28.2. The number of nitrogens with zero attached hydrogens (tertiary/aromatic N) is 4. The zero-order chi connectivity index (χ0) is 34.5. The fourth-order valence-electron chi connectivity index (χ4n) is 5.76. The van der Waals surface area contributed by atoms with E-state index < -0.39 is 23.5 Å². The van der Waals surface area contributed by atoms with E-state index in [0.29, 0.717) is 42.4 Å². The Morgan fingerprint density at radius 1 is 1.04 bits per heavy atom. The molecule has 0 bridgehead atoms. The van der Waals surface area contributed by atoms with Crippen LogP contribution in [0, 0.1) is 5.92 Å². The maximum atomic E-state index is 13.0. The monoisotopic (exact) mass is 648 g/mol. The van der Waals surface area contributed by atoms with Crippen LogP contribution >= 0.6 is 0 Å². The summed E-state index contributed by atoms with van der Waals surface area (Å²) in [5, 5.41) is 32.4. The van der Waals surface area contributed by atoms with E-state index in [-0.39, 0.29) is 47.8 Å². The molecule has 4 rings (SSSR count). The van der Waals surface area contributed by atoms with Crippen LogP contribution in [0.2, 0.25) is 0 Å². The van der Waals surface area contributed by atoms with Crippen LogP contribution < -0.4 is 11.1 Å². The maximum absolute atomic E-state index is 13.0. The second-order valence-corrected chi connectivity index (χ2v) is 13.5. The first kappa shape index (κ1) is 35.4. The van der Waals surface area contributed by atoms with E-state index in [2.05, 4.69) is 15.5 Å². The van der Waals surface area contributed by atoms with Gasteiger partial charge >= 0.3 is 5.97 Å². The average molecular weight is 649 g/mol. The Labute approximate surface area is 276 Å². The van der Waals surface area contributed by atoms with Crippen molar-refractivity contribution in [3.05, 3.63) is 53.3 Å². The van der Waals surface area contributed by atoms with Crippen LogP contribution in [0.1, 0.15) is 94.9 Å². The molecule has 1 aromatic heterocycles. The van der Waals surface area contributed by atoms with E-state index >= 15 is 0 Å². The highest BCUT2D eigenvalue weighted by Crippen LogP contribution is 2.38. The third-order valence-electron chi connectivity index (χ3n) is 8.28. The van der Waals surface area contributed by atoms with Crippen molar-refractivity contribution in [2.45, 2.75) is 91.2 Å². The van der Waals surface area contributed by atoms with Crippen LogP contribution in [0.25, 0.3) is 17.1 Å². The molecule has 254 valence electrons. The molecule has 3 aromatic rings. The van der Waals surface area contributed by atoms with E-state index in [9.17, 15) is 24.6 Å². The van der Waals surface area contributed by atoms with E-state index in [1.165, 1.54) is 6.07 Å². The van der Waals surface area contributed by atoms with Crippen LogP contribution in [0.4, 0.5) is 0 Å². The number of benzene rings is 2. The number of ether oxygens (including phenoxy) is 1. The minimum absolute atomic E-state index is 0.000322. The van der Waals surface area contributed by atoms with Gasteiger partial charge in [0.05, 0.1) is 5.56 Å². The largest absolute Gasteiger partial charge is 0.508 e. The van der Waals surface area contributed by atoms with Gasteiger partial charge in [0.1, 0.15) is 23.1 Å². The molecule has 0 aliphatic carbocycles. The van der Waals surface area contributed by atoms with Crippen molar-refractivity contribution in [2.75, 3.05) is 19.6 Å². The number of carbonyl (C=O) groups is 3. The summed E-state index contributed by atoms with van der Waals surface area (Å²) in [6.07, 6.45) is 3.01. The summed E-state index contributed by atoms with van der Waals surface area (Å²) in [6.45, 7) is 12.8. The predicted octanol–water partition coefficient (Wildman–Crippen LogP) is 4.45. The van der Waals surface area contributed by atoms with E-state index in [0.717, 1.165) is 24.8 Å². The number of nitrogens with two attached hydrogens (primary N) is 1. The molecule has 2 aromatic carbocycles. The number of likely N-dealkylation sites (tertiary alicyclic amines) is 1. The number of hydrogen-bond acceptors (Lipinski definition) is 9. The molecule has 12 nitrogen and oxygen atoms in total. The van der Waals surface area contributed by atoms with Crippen molar-refractivity contribution in [1.29, 1.82) is 0 Å². The number of piperidine rings is 1. The molecule has 1 saturated heterocycles. The summed E-state index contributed by atoms with van der Waals surface area (Å²) < 4.78 is 6.93. The van der Waals surface area contributed by atoms with Gasteiger partial charge in [-0.3, -0.25) is 19.0 Å². The SMILES string of the molecule is CCNC(=O)c1nnc(-c2cc(C(C)C)c(O)cc2O)n1-c1ccc(CC2CCN(C(=O)CC[C@H](N)C(=O)OC(C)(C)C)CC2)cc1. The first-order valence-corrected chi connectivity index (χ1v) is 16.3. The molecule has 2 heterocycles. The Morgan fingerprint density at radius 2 is 1.70 bits per heavy atom. The summed E-state index contributed by atoms with van der Waals surface area (Å²) >= 11 is 0. The predicted molar refractivity (Wildman–Crippen MR) is 178 cm³/mol. The quantitative estimate of drug-likeness (QED) is 0.219. The van der Waals surface area contributed by atoms with Gasteiger partial charge in [-0.15, -0.1) is 10.2 Å². The fraction of sp³-hybridized carbons (Fsp3) is 0.514. The number of phenols is 2. The molecule has 0 unspecified atom stereocenters. The number of aromatic nitrogens is 3. The minimum Gasteiger partial charge on any atom is -0.508 e. The van der Waals surface area contributed by atoms with Gasteiger partial charge in [-0.1, -0.05) is 26.0 Å². The number of esters is 1.